The minimum atomic E-state index is -0.0664. The Morgan fingerprint density at radius 2 is 2.04 bits per heavy atom. The molecular weight excluding hydrogens is 336 g/mol. The van der Waals surface area contributed by atoms with E-state index in [4.69, 9.17) is 4.42 Å². The summed E-state index contributed by atoms with van der Waals surface area (Å²) in [5, 5.41) is 12.2. The number of furan rings is 1. The number of hydrogen-bond acceptors (Lipinski definition) is 5. The average molecular weight is 356 g/mol. The van der Waals surface area contributed by atoms with Crippen molar-refractivity contribution in [1.29, 1.82) is 0 Å². The molecule has 0 aliphatic heterocycles. The van der Waals surface area contributed by atoms with Crippen molar-refractivity contribution in [3.05, 3.63) is 48.4 Å². The number of anilines is 1. The van der Waals surface area contributed by atoms with Gasteiger partial charge in [-0.25, -0.2) is 0 Å². The fourth-order valence-electron chi connectivity index (χ4n) is 2.49. The number of aryl methyl sites for hydroxylation is 1. The van der Waals surface area contributed by atoms with E-state index in [-0.39, 0.29) is 11.7 Å². The van der Waals surface area contributed by atoms with E-state index < -0.39 is 0 Å². The van der Waals surface area contributed by atoms with E-state index in [1.165, 1.54) is 11.8 Å². The van der Waals surface area contributed by atoms with Crippen LogP contribution < -0.4 is 5.32 Å². The highest BCUT2D eigenvalue weighted by Crippen LogP contribution is 2.27. The Morgan fingerprint density at radius 3 is 2.72 bits per heavy atom. The van der Waals surface area contributed by atoms with Crippen LogP contribution >= 0.6 is 11.8 Å². The predicted octanol–water partition coefficient (Wildman–Crippen LogP) is 3.99. The van der Waals surface area contributed by atoms with Crippen LogP contribution in [-0.2, 0) is 11.3 Å². The molecular formula is C18H20N4O2S. The highest BCUT2D eigenvalue weighted by Gasteiger charge is 2.17. The molecule has 130 valence electrons. The van der Waals surface area contributed by atoms with Gasteiger partial charge in [0.2, 0.25) is 5.91 Å². The highest BCUT2D eigenvalue weighted by molar-refractivity contribution is 7.99. The summed E-state index contributed by atoms with van der Waals surface area (Å²) in [7, 11) is 0. The van der Waals surface area contributed by atoms with Gasteiger partial charge in [-0.1, -0.05) is 36.9 Å². The molecule has 3 aromatic rings. The number of amides is 1. The van der Waals surface area contributed by atoms with Gasteiger partial charge in [-0.05, 0) is 31.5 Å². The predicted molar refractivity (Wildman–Crippen MR) is 98.5 cm³/mol. The second-order valence-electron chi connectivity index (χ2n) is 5.55. The summed E-state index contributed by atoms with van der Waals surface area (Å²) in [6, 6.07) is 11.3. The van der Waals surface area contributed by atoms with Crippen LogP contribution in [0.2, 0.25) is 0 Å². The largest absolute Gasteiger partial charge is 0.469 e. The Balaban J connectivity index is 1.71. The van der Waals surface area contributed by atoms with E-state index >= 15 is 0 Å². The summed E-state index contributed by atoms with van der Waals surface area (Å²) in [5.74, 6) is 1.80. The van der Waals surface area contributed by atoms with E-state index in [1.54, 1.807) is 6.26 Å². The number of para-hydroxylation sites is 1. The van der Waals surface area contributed by atoms with Crippen LogP contribution in [0, 0.1) is 6.92 Å². The van der Waals surface area contributed by atoms with Gasteiger partial charge in [-0.15, -0.1) is 10.2 Å². The van der Waals surface area contributed by atoms with Crippen LogP contribution in [0.25, 0.3) is 11.4 Å². The van der Waals surface area contributed by atoms with E-state index in [0.29, 0.717) is 0 Å². The van der Waals surface area contributed by atoms with Gasteiger partial charge in [0.15, 0.2) is 11.0 Å². The lowest BCUT2D eigenvalue weighted by atomic mass is 10.2. The maximum absolute atomic E-state index is 12.1. The van der Waals surface area contributed by atoms with Crippen molar-refractivity contribution >= 4 is 23.4 Å². The van der Waals surface area contributed by atoms with Gasteiger partial charge in [0.1, 0.15) is 5.76 Å². The van der Waals surface area contributed by atoms with Crippen LogP contribution in [0.15, 0.2) is 52.2 Å². The highest BCUT2D eigenvalue weighted by atomic mass is 32.2. The topological polar surface area (TPSA) is 73.0 Å². The third-order valence-corrected chi connectivity index (χ3v) is 4.62. The molecule has 0 radical (unpaired) electrons. The SMILES string of the molecule is CCCn1c(SCC(=O)Nc2ccccc2)nnc1-c1ccoc1C. The van der Waals surface area contributed by atoms with Crippen molar-refractivity contribution < 1.29 is 9.21 Å². The summed E-state index contributed by atoms with van der Waals surface area (Å²) >= 11 is 1.39. The molecule has 1 N–H and O–H groups in total. The zero-order valence-electron chi connectivity index (χ0n) is 14.2. The first-order valence-corrected chi connectivity index (χ1v) is 9.13. The third-order valence-electron chi connectivity index (χ3n) is 3.65. The Bertz CT molecular complexity index is 842. The van der Waals surface area contributed by atoms with Crippen molar-refractivity contribution in [3.8, 4) is 11.4 Å². The van der Waals surface area contributed by atoms with Gasteiger partial charge < -0.3 is 14.3 Å². The zero-order valence-corrected chi connectivity index (χ0v) is 15.0. The molecule has 0 saturated carbocycles. The molecule has 3 rings (SSSR count). The maximum Gasteiger partial charge on any atom is 0.234 e. The lowest BCUT2D eigenvalue weighted by Crippen LogP contribution is -2.14. The number of carbonyl (C=O) groups excluding carboxylic acids is 1. The van der Waals surface area contributed by atoms with Crippen LogP contribution in [0.5, 0.6) is 0 Å². The van der Waals surface area contributed by atoms with Gasteiger partial charge in [0.05, 0.1) is 17.6 Å². The van der Waals surface area contributed by atoms with Gasteiger partial charge in [-0.3, -0.25) is 4.79 Å². The first-order chi connectivity index (χ1) is 12.2. The first kappa shape index (κ1) is 17.3. The average Bonchev–Trinajstić information content (AvgIpc) is 3.20. The van der Waals surface area contributed by atoms with E-state index in [9.17, 15) is 4.79 Å². The van der Waals surface area contributed by atoms with Crippen LogP contribution in [-0.4, -0.2) is 26.4 Å². The summed E-state index contributed by atoms with van der Waals surface area (Å²) in [6.07, 6.45) is 2.60. The molecule has 0 aliphatic carbocycles. The van der Waals surface area contributed by atoms with Gasteiger partial charge in [0, 0.05) is 12.2 Å². The number of nitrogens with one attached hydrogen (secondary N) is 1. The molecule has 0 bridgehead atoms. The van der Waals surface area contributed by atoms with Crippen LogP contribution in [0.1, 0.15) is 19.1 Å². The summed E-state index contributed by atoms with van der Waals surface area (Å²) in [4.78, 5) is 12.1. The molecule has 0 spiro atoms. The number of carbonyl (C=O) groups is 1. The third kappa shape index (κ3) is 4.11. The van der Waals surface area contributed by atoms with Gasteiger partial charge >= 0.3 is 0 Å². The molecule has 6 nitrogen and oxygen atoms in total. The maximum atomic E-state index is 12.1. The monoisotopic (exact) mass is 356 g/mol. The molecule has 25 heavy (non-hydrogen) atoms. The summed E-state index contributed by atoms with van der Waals surface area (Å²) in [6.45, 7) is 4.79. The number of benzene rings is 1. The molecule has 2 aromatic heterocycles. The van der Waals surface area contributed by atoms with Gasteiger partial charge in [-0.2, -0.15) is 0 Å². The second kappa shape index (κ2) is 8.02. The Morgan fingerprint density at radius 1 is 1.24 bits per heavy atom. The van der Waals surface area contributed by atoms with E-state index in [1.807, 2.05) is 47.9 Å². The molecule has 7 heteroatoms. The Hall–Kier alpha value is -2.54. The number of nitrogens with zero attached hydrogens (tertiary/aromatic N) is 3. The lowest BCUT2D eigenvalue weighted by Gasteiger charge is -2.08. The fraction of sp³-hybridized carbons (Fsp3) is 0.278. The van der Waals surface area contributed by atoms with Crippen molar-refractivity contribution in [2.45, 2.75) is 32.0 Å². The number of rotatable bonds is 7. The molecule has 2 heterocycles. The van der Waals surface area contributed by atoms with Crippen LogP contribution in [0.3, 0.4) is 0 Å². The zero-order chi connectivity index (χ0) is 17.6. The number of thioether (sulfide) groups is 1. The summed E-state index contributed by atoms with van der Waals surface area (Å²) in [5.41, 5.74) is 1.72. The van der Waals surface area contributed by atoms with E-state index in [2.05, 4.69) is 22.4 Å². The smallest absolute Gasteiger partial charge is 0.234 e. The lowest BCUT2D eigenvalue weighted by molar-refractivity contribution is -0.113. The van der Waals surface area contributed by atoms with Gasteiger partial charge in [0.25, 0.3) is 0 Å². The minimum absolute atomic E-state index is 0.0664. The first-order valence-electron chi connectivity index (χ1n) is 8.14. The molecule has 0 unspecified atom stereocenters. The summed E-state index contributed by atoms with van der Waals surface area (Å²) < 4.78 is 7.41. The van der Waals surface area contributed by atoms with Crippen molar-refractivity contribution in [2.75, 3.05) is 11.1 Å². The molecule has 0 atom stereocenters. The van der Waals surface area contributed by atoms with Crippen molar-refractivity contribution in [2.24, 2.45) is 0 Å². The molecule has 0 aliphatic rings. The van der Waals surface area contributed by atoms with Crippen LogP contribution in [0.4, 0.5) is 5.69 Å². The van der Waals surface area contributed by atoms with Crippen molar-refractivity contribution in [1.82, 2.24) is 14.8 Å². The Kier molecular flexibility index (Phi) is 5.55. The molecule has 1 amide bonds. The number of hydrogen-bond donors (Lipinski definition) is 1. The van der Waals surface area contributed by atoms with E-state index in [0.717, 1.165) is 41.0 Å². The standard InChI is InChI=1S/C18H20N4O2S/c1-3-10-22-17(15-9-11-24-13(15)2)20-21-18(22)25-12-16(23)19-14-7-5-4-6-8-14/h4-9,11H,3,10,12H2,1-2H3,(H,19,23). The molecule has 0 saturated heterocycles. The normalized spacial score (nSPS) is 10.8. The van der Waals surface area contributed by atoms with Crippen molar-refractivity contribution in [3.63, 3.8) is 0 Å². The second-order valence-corrected chi connectivity index (χ2v) is 6.49. The Labute approximate surface area is 150 Å². The molecule has 1 aromatic carbocycles. The fourth-order valence-corrected chi connectivity index (χ4v) is 3.25. The quantitative estimate of drug-likeness (QED) is 0.648. The molecule has 0 fully saturated rings. The number of aromatic nitrogens is 3. The minimum Gasteiger partial charge on any atom is -0.469 e.